The van der Waals surface area contributed by atoms with E-state index in [1.165, 1.54) is 24.3 Å². The van der Waals surface area contributed by atoms with E-state index in [4.69, 9.17) is 15.2 Å². The summed E-state index contributed by atoms with van der Waals surface area (Å²) in [6, 6.07) is 8.14. The average molecular weight is 293 g/mol. The molecule has 0 saturated carbocycles. The smallest absolute Gasteiger partial charge is 0.120 e. The quantitative estimate of drug-likeness (QED) is 0.930. The van der Waals surface area contributed by atoms with Gasteiger partial charge in [0.25, 0.3) is 0 Å². The van der Waals surface area contributed by atoms with Crippen LogP contribution in [0.15, 0.2) is 24.3 Å². The number of ether oxygens (including phenoxy) is 2. The third-order valence-electron chi connectivity index (χ3n) is 4.29. The minimum absolute atomic E-state index is 0.0830. The zero-order valence-electron chi connectivity index (χ0n) is 11.8. The lowest BCUT2D eigenvalue weighted by Gasteiger charge is -2.43. The van der Waals surface area contributed by atoms with Crippen LogP contribution in [0, 0.1) is 0 Å². The normalized spacial score (nSPS) is 25.6. The van der Waals surface area contributed by atoms with Gasteiger partial charge in [-0.25, -0.2) is 0 Å². The molecule has 2 N–H and O–H groups in total. The monoisotopic (exact) mass is 293 g/mol. The van der Waals surface area contributed by atoms with Crippen LogP contribution in [0.5, 0.6) is 5.75 Å². The number of thioether (sulfide) groups is 1. The molecule has 2 saturated heterocycles. The molecule has 2 aliphatic rings. The van der Waals surface area contributed by atoms with E-state index in [1.54, 1.807) is 0 Å². The lowest BCUT2D eigenvalue weighted by atomic mass is 9.86. The maximum atomic E-state index is 6.18. The van der Waals surface area contributed by atoms with Gasteiger partial charge in [0.2, 0.25) is 0 Å². The predicted octanol–water partition coefficient (Wildman–Crippen LogP) is 2.97. The van der Waals surface area contributed by atoms with Gasteiger partial charge in [0, 0.05) is 19.4 Å². The van der Waals surface area contributed by atoms with Crippen LogP contribution in [0.2, 0.25) is 0 Å². The van der Waals surface area contributed by atoms with Crippen molar-refractivity contribution in [1.82, 2.24) is 0 Å². The first-order chi connectivity index (χ1) is 9.80. The summed E-state index contributed by atoms with van der Waals surface area (Å²) in [6.07, 6.45) is 4.63. The Morgan fingerprint density at radius 1 is 1.35 bits per heavy atom. The van der Waals surface area contributed by atoms with Crippen molar-refractivity contribution in [3.63, 3.8) is 0 Å². The molecule has 3 nitrogen and oxygen atoms in total. The second-order valence-electron chi connectivity index (χ2n) is 5.73. The lowest BCUT2D eigenvalue weighted by Crippen LogP contribution is -2.46. The molecule has 2 aliphatic heterocycles. The lowest BCUT2D eigenvalue weighted by molar-refractivity contribution is -0.116. The highest BCUT2D eigenvalue weighted by Crippen LogP contribution is 2.38. The highest BCUT2D eigenvalue weighted by Gasteiger charge is 2.39. The molecule has 20 heavy (non-hydrogen) atoms. The van der Waals surface area contributed by atoms with Crippen LogP contribution in [0.3, 0.4) is 0 Å². The van der Waals surface area contributed by atoms with Crippen LogP contribution in [-0.4, -0.2) is 29.8 Å². The number of hydrogen-bond acceptors (Lipinski definition) is 4. The van der Waals surface area contributed by atoms with Gasteiger partial charge in [-0.1, -0.05) is 12.1 Å². The molecule has 0 radical (unpaired) electrons. The summed E-state index contributed by atoms with van der Waals surface area (Å²) in [5.41, 5.74) is 6.89. The SMILES string of the molecule is NCc1cccc(OC2CCOC3(CCSCC3)C2)c1. The van der Waals surface area contributed by atoms with Gasteiger partial charge in [0.1, 0.15) is 11.9 Å². The summed E-state index contributed by atoms with van der Waals surface area (Å²) in [5.74, 6) is 3.38. The molecule has 0 aliphatic carbocycles. The molecule has 0 bridgehead atoms. The highest BCUT2D eigenvalue weighted by molar-refractivity contribution is 7.99. The van der Waals surface area contributed by atoms with Crippen LogP contribution in [0.25, 0.3) is 0 Å². The Labute approximate surface area is 125 Å². The highest BCUT2D eigenvalue weighted by atomic mass is 32.2. The van der Waals surface area contributed by atoms with Crippen molar-refractivity contribution in [2.75, 3.05) is 18.1 Å². The maximum Gasteiger partial charge on any atom is 0.120 e. The average Bonchev–Trinajstić information content (AvgIpc) is 2.48. The van der Waals surface area contributed by atoms with Crippen molar-refractivity contribution in [3.8, 4) is 5.75 Å². The first kappa shape index (κ1) is 14.2. The van der Waals surface area contributed by atoms with Gasteiger partial charge < -0.3 is 15.2 Å². The van der Waals surface area contributed by atoms with Gasteiger partial charge >= 0.3 is 0 Å². The molecule has 0 amide bonds. The Morgan fingerprint density at radius 3 is 3.00 bits per heavy atom. The fraction of sp³-hybridized carbons (Fsp3) is 0.625. The van der Waals surface area contributed by atoms with E-state index in [1.807, 2.05) is 30.0 Å². The summed E-state index contributed by atoms with van der Waals surface area (Å²) in [6.45, 7) is 1.39. The van der Waals surface area contributed by atoms with Crippen LogP contribution in [0.1, 0.15) is 31.2 Å². The fourth-order valence-electron chi connectivity index (χ4n) is 3.11. The number of hydrogen-bond donors (Lipinski definition) is 1. The Bertz CT molecular complexity index is 440. The Hall–Kier alpha value is -0.710. The molecule has 4 heteroatoms. The number of benzene rings is 1. The van der Waals surface area contributed by atoms with Crippen LogP contribution in [0.4, 0.5) is 0 Å². The first-order valence-electron chi connectivity index (χ1n) is 7.47. The van der Waals surface area contributed by atoms with E-state index in [2.05, 4.69) is 6.07 Å². The zero-order valence-corrected chi connectivity index (χ0v) is 12.7. The minimum atomic E-state index is 0.0830. The third-order valence-corrected chi connectivity index (χ3v) is 5.27. The second-order valence-corrected chi connectivity index (χ2v) is 6.95. The molecule has 1 aromatic rings. The van der Waals surface area contributed by atoms with Crippen LogP contribution >= 0.6 is 11.8 Å². The van der Waals surface area contributed by atoms with Gasteiger partial charge in [-0.3, -0.25) is 0 Å². The molecule has 2 heterocycles. The van der Waals surface area contributed by atoms with Crippen molar-refractivity contribution < 1.29 is 9.47 Å². The topological polar surface area (TPSA) is 44.5 Å². The maximum absolute atomic E-state index is 6.18. The van der Waals surface area contributed by atoms with Gasteiger partial charge in [-0.05, 0) is 42.0 Å². The largest absolute Gasteiger partial charge is 0.490 e. The molecule has 0 aromatic heterocycles. The Kier molecular flexibility index (Phi) is 4.54. The minimum Gasteiger partial charge on any atom is -0.490 e. The van der Waals surface area contributed by atoms with E-state index >= 15 is 0 Å². The predicted molar refractivity (Wildman–Crippen MR) is 83.2 cm³/mol. The Balaban J connectivity index is 1.64. The standard InChI is InChI=1S/C16H23NO2S/c17-12-13-2-1-3-14(10-13)19-15-4-7-18-16(11-15)5-8-20-9-6-16/h1-3,10,15H,4-9,11-12,17H2. The molecule has 2 fully saturated rings. The van der Waals surface area contributed by atoms with Crippen LogP contribution < -0.4 is 10.5 Å². The Morgan fingerprint density at radius 2 is 2.20 bits per heavy atom. The molecule has 1 unspecified atom stereocenters. The summed E-state index contributed by atoms with van der Waals surface area (Å²) < 4.78 is 12.3. The van der Waals surface area contributed by atoms with Gasteiger partial charge in [-0.2, -0.15) is 11.8 Å². The third kappa shape index (κ3) is 3.30. The molecule has 110 valence electrons. The van der Waals surface area contributed by atoms with E-state index in [9.17, 15) is 0 Å². The molecule has 1 spiro atoms. The van der Waals surface area contributed by atoms with Crippen LogP contribution in [-0.2, 0) is 11.3 Å². The summed E-state index contributed by atoms with van der Waals surface area (Å²) in [5, 5.41) is 0. The summed E-state index contributed by atoms with van der Waals surface area (Å²) >= 11 is 2.04. The van der Waals surface area contributed by atoms with Gasteiger partial charge in [-0.15, -0.1) is 0 Å². The molecular weight excluding hydrogens is 270 g/mol. The van der Waals surface area contributed by atoms with E-state index in [-0.39, 0.29) is 11.7 Å². The summed E-state index contributed by atoms with van der Waals surface area (Å²) in [4.78, 5) is 0. The first-order valence-corrected chi connectivity index (χ1v) is 8.63. The summed E-state index contributed by atoms with van der Waals surface area (Å²) in [7, 11) is 0. The van der Waals surface area contributed by atoms with E-state index < -0.39 is 0 Å². The van der Waals surface area contributed by atoms with Crippen molar-refractivity contribution in [2.45, 2.75) is 43.9 Å². The zero-order chi connectivity index (χ0) is 13.8. The van der Waals surface area contributed by atoms with Crippen molar-refractivity contribution >= 4 is 11.8 Å². The number of nitrogens with two attached hydrogens (primary N) is 1. The van der Waals surface area contributed by atoms with Crippen molar-refractivity contribution in [2.24, 2.45) is 5.73 Å². The molecular formula is C16H23NO2S. The van der Waals surface area contributed by atoms with E-state index in [0.717, 1.165) is 30.8 Å². The van der Waals surface area contributed by atoms with Gasteiger partial charge in [0.05, 0.1) is 12.2 Å². The molecule has 1 atom stereocenters. The molecule has 3 rings (SSSR count). The fourth-order valence-corrected chi connectivity index (χ4v) is 4.35. The van der Waals surface area contributed by atoms with Crippen molar-refractivity contribution in [1.29, 1.82) is 0 Å². The second kappa shape index (κ2) is 6.37. The van der Waals surface area contributed by atoms with Gasteiger partial charge in [0.15, 0.2) is 0 Å². The van der Waals surface area contributed by atoms with Crippen molar-refractivity contribution in [3.05, 3.63) is 29.8 Å². The number of rotatable bonds is 3. The molecule has 1 aromatic carbocycles. The van der Waals surface area contributed by atoms with E-state index in [0.29, 0.717) is 6.54 Å².